The molecule has 0 bridgehead atoms. The first-order valence-corrected chi connectivity index (χ1v) is 11.0. The molecule has 1 N–H and O–H groups in total. The molecule has 31 heavy (non-hydrogen) atoms. The van der Waals surface area contributed by atoms with Gasteiger partial charge in [0, 0.05) is 28.9 Å². The summed E-state index contributed by atoms with van der Waals surface area (Å²) in [5.74, 6) is 0.334. The van der Waals surface area contributed by atoms with Gasteiger partial charge in [-0.15, -0.1) is 5.10 Å². The number of carbonyl (C=O) groups is 1. The largest absolute Gasteiger partial charge is 0.350 e. The molecule has 0 fully saturated rings. The third-order valence-electron chi connectivity index (χ3n) is 4.72. The number of aryl methyl sites for hydroxylation is 2. The van der Waals surface area contributed by atoms with Crippen LogP contribution >= 0.6 is 23.4 Å². The number of fused-ring (bicyclic) bond motifs is 1. The zero-order valence-electron chi connectivity index (χ0n) is 17.0. The first-order chi connectivity index (χ1) is 14.9. The molecule has 2 aromatic heterocycles. The molecular formula is C22H20ClN5O2S. The van der Waals surface area contributed by atoms with E-state index in [1.54, 1.807) is 12.4 Å². The third-order valence-corrected chi connectivity index (χ3v) is 6.01. The predicted octanol–water partition coefficient (Wildman–Crippen LogP) is 4.09. The molecule has 2 heterocycles. The van der Waals surface area contributed by atoms with Gasteiger partial charge in [0.15, 0.2) is 5.65 Å². The van der Waals surface area contributed by atoms with Gasteiger partial charge in [-0.05, 0) is 48.7 Å². The van der Waals surface area contributed by atoms with Crippen molar-refractivity contribution in [2.45, 2.75) is 31.2 Å². The van der Waals surface area contributed by atoms with Crippen LogP contribution in [0.3, 0.4) is 0 Å². The minimum absolute atomic E-state index is 0.185. The summed E-state index contributed by atoms with van der Waals surface area (Å²) in [6.07, 6.45) is 3.11. The number of carbonyl (C=O) groups excluding carboxylic acids is 1. The third kappa shape index (κ3) is 4.81. The maximum absolute atomic E-state index is 12.7. The minimum atomic E-state index is -0.387. The van der Waals surface area contributed by atoms with Crippen molar-refractivity contribution in [3.63, 3.8) is 0 Å². The molecule has 0 radical (unpaired) electrons. The number of benzene rings is 2. The maximum atomic E-state index is 12.7. The van der Waals surface area contributed by atoms with E-state index < -0.39 is 0 Å². The lowest BCUT2D eigenvalue weighted by atomic mass is 10.1. The van der Waals surface area contributed by atoms with Crippen LogP contribution in [0.5, 0.6) is 0 Å². The molecule has 0 spiro atoms. The highest BCUT2D eigenvalue weighted by molar-refractivity contribution is 7.98. The van der Waals surface area contributed by atoms with E-state index in [2.05, 4.69) is 15.4 Å². The smallest absolute Gasteiger partial charge is 0.324 e. The van der Waals surface area contributed by atoms with Crippen molar-refractivity contribution in [2.75, 3.05) is 5.32 Å². The number of amides is 1. The number of hydrogen-bond donors (Lipinski definition) is 1. The van der Waals surface area contributed by atoms with E-state index in [1.165, 1.54) is 16.2 Å². The van der Waals surface area contributed by atoms with E-state index in [4.69, 9.17) is 11.6 Å². The van der Waals surface area contributed by atoms with E-state index in [1.807, 2.05) is 56.3 Å². The number of aromatic nitrogens is 4. The summed E-state index contributed by atoms with van der Waals surface area (Å²) in [5, 5.41) is 8.51. The van der Waals surface area contributed by atoms with Gasteiger partial charge in [0.2, 0.25) is 5.91 Å². The topological polar surface area (TPSA) is 81.3 Å². The molecule has 1 amide bonds. The van der Waals surface area contributed by atoms with Gasteiger partial charge in [-0.3, -0.25) is 4.79 Å². The molecule has 0 aliphatic rings. The Kier molecular flexibility index (Phi) is 6.11. The van der Waals surface area contributed by atoms with Gasteiger partial charge in [0.1, 0.15) is 11.6 Å². The fraction of sp³-hybridized carbons (Fsp3) is 0.182. The molecule has 0 aliphatic heterocycles. The van der Waals surface area contributed by atoms with Crippen LogP contribution in [0, 0.1) is 13.8 Å². The molecule has 0 atom stereocenters. The van der Waals surface area contributed by atoms with Crippen LogP contribution < -0.4 is 11.0 Å². The molecule has 9 heteroatoms. The second-order valence-electron chi connectivity index (χ2n) is 7.15. The van der Waals surface area contributed by atoms with Crippen molar-refractivity contribution in [3.8, 4) is 0 Å². The van der Waals surface area contributed by atoms with Crippen LogP contribution in [0.25, 0.3) is 5.65 Å². The van der Waals surface area contributed by atoms with Crippen molar-refractivity contribution in [3.05, 3.63) is 87.1 Å². The van der Waals surface area contributed by atoms with Crippen LogP contribution in [0.15, 0.2) is 64.7 Å². The number of nitrogens with one attached hydrogen (secondary N) is 1. The Hall–Kier alpha value is -3.10. The Morgan fingerprint density at radius 3 is 2.71 bits per heavy atom. The Morgan fingerprint density at radius 1 is 1.16 bits per heavy atom. The van der Waals surface area contributed by atoms with Crippen molar-refractivity contribution in [1.82, 2.24) is 19.2 Å². The fourth-order valence-corrected chi connectivity index (χ4v) is 4.08. The SMILES string of the molecule is Cc1ccc(C)c(NC(=O)Cn2nc3c(SCc4ccc(Cl)cc4)nccn3c2=O)c1. The molecule has 0 saturated heterocycles. The molecule has 0 unspecified atom stereocenters. The van der Waals surface area contributed by atoms with Gasteiger partial charge in [-0.1, -0.05) is 47.6 Å². The van der Waals surface area contributed by atoms with Gasteiger partial charge in [0.05, 0.1) is 0 Å². The minimum Gasteiger partial charge on any atom is -0.324 e. The highest BCUT2D eigenvalue weighted by Gasteiger charge is 2.15. The zero-order valence-corrected chi connectivity index (χ0v) is 18.6. The summed E-state index contributed by atoms with van der Waals surface area (Å²) in [7, 11) is 0. The average Bonchev–Trinajstić information content (AvgIpc) is 3.06. The van der Waals surface area contributed by atoms with E-state index in [-0.39, 0.29) is 18.1 Å². The van der Waals surface area contributed by atoms with Crippen LogP contribution in [0.4, 0.5) is 5.69 Å². The summed E-state index contributed by atoms with van der Waals surface area (Å²) < 4.78 is 2.56. The van der Waals surface area contributed by atoms with Gasteiger partial charge in [0.25, 0.3) is 0 Å². The Morgan fingerprint density at radius 2 is 1.94 bits per heavy atom. The van der Waals surface area contributed by atoms with Crippen LogP contribution in [0.2, 0.25) is 5.02 Å². The van der Waals surface area contributed by atoms with Crippen LogP contribution in [-0.4, -0.2) is 25.1 Å². The van der Waals surface area contributed by atoms with E-state index in [0.717, 1.165) is 27.1 Å². The van der Waals surface area contributed by atoms with Crippen molar-refractivity contribution < 1.29 is 4.79 Å². The number of hydrogen-bond acceptors (Lipinski definition) is 5. The standard InChI is InChI=1S/C22H20ClN5O2S/c1-14-3-4-15(2)18(11-14)25-19(29)12-28-22(30)27-10-9-24-21(20(27)26-28)31-13-16-5-7-17(23)8-6-16/h3-11H,12-13H2,1-2H3,(H,25,29). The summed E-state index contributed by atoms with van der Waals surface area (Å²) in [4.78, 5) is 29.6. The molecule has 4 rings (SSSR count). The van der Waals surface area contributed by atoms with E-state index in [0.29, 0.717) is 21.4 Å². The fourth-order valence-electron chi connectivity index (χ4n) is 3.06. The molecule has 2 aromatic carbocycles. The predicted molar refractivity (Wildman–Crippen MR) is 123 cm³/mol. The maximum Gasteiger partial charge on any atom is 0.350 e. The Labute approximate surface area is 188 Å². The molecular weight excluding hydrogens is 434 g/mol. The van der Waals surface area contributed by atoms with Gasteiger partial charge in [-0.25, -0.2) is 18.9 Å². The molecule has 0 aliphatic carbocycles. The number of thioether (sulfide) groups is 1. The molecule has 158 valence electrons. The number of halogens is 1. The summed E-state index contributed by atoms with van der Waals surface area (Å²) >= 11 is 7.40. The van der Waals surface area contributed by atoms with Crippen LogP contribution in [-0.2, 0) is 17.1 Å². The monoisotopic (exact) mass is 453 g/mol. The zero-order chi connectivity index (χ0) is 22.0. The van der Waals surface area contributed by atoms with Gasteiger partial charge < -0.3 is 5.32 Å². The number of rotatable bonds is 6. The lowest BCUT2D eigenvalue weighted by molar-refractivity contribution is -0.117. The number of anilines is 1. The molecule has 4 aromatic rings. The normalized spacial score (nSPS) is 11.1. The van der Waals surface area contributed by atoms with Crippen molar-refractivity contribution in [1.29, 1.82) is 0 Å². The van der Waals surface area contributed by atoms with Gasteiger partial charge in [-0.2, -0.15) is 0 Å². The molecule has 7 nitrogen and oxygen atoms in total. The Balaban J connectivity index is 1.53. The molecule has 0 saturated carbocycles. The van der Waals surface area contributed by atoms with E-state index >= 15 is 0 Å². The lowest BCUT2D eigenvalue weighted by Crippen LogP contribution is -2.28. The van der Waals surface area contributed by atoms with Crippen molar-refractivity contribution >= 4 is 40.6 Å². The second kappa shape index (κ2) is 8.95. The number of nitrogens with zero attached hydrogens (tertiary/aromatic N) is 4. The first-order valence-electron chi connectivity index (χ1n) is 9.59. The summed E-state index contributed by atoms with van der Waals surface area (Å²) in [6, 6.07) is 13.4. The average molecular weight is 454 g/mol. The second-order valence-corrected chi connectivity index (χ2v) is 8.55. The highest BCUT2D eigenvalue weighted by atomic mass is 35.5. The van der Waals surface area contributed by atoms with E-state index in [9.17, 15) is 9.59 Å². The lowest BCUT2D eigenvalue weighted by Gasteiger charge is -2.08. The Bertz CT molecular complexity index is 1310. The summed E-state index contributed by atoms with van der Waals surface area (Å²) in [5.41, 5.74) is 3.83. The summed E-state index contributed by atoms with van der Waals surface area (Å²) in [6.45, 7) is 3.69. The quantitative estimate of drug-likeness (QED) is 0.444. The highest BCUT2D eigenvalue weighted by Crippen LogP contribution is 2.24. The first kappa shape index (κ1) is 21.1. The van der Waals surface area contributed by atoms with Crippen molar-refractivity contribution in [2.24, 2.45) is 0 Å². The van der Waals surface area contributed by atoms with Crippen LogP contribution in [0.1, 0.15) is 16.7 Å². The van der Waals surface area contributed by atoms with Gasteiger partial charge >= 0.3 is 5.69 Å².